The van der Waals surface area contributed by atoms with Gasteiger partial charge >= 0.3 is 0 Å². The number of aromatic nitrogens is 3. The van der Waals surface area contributed by atoms with Gasteiger partial charge in [0.05, 0.1) is 0 Å². The summed E-state index contributed by atoms with van der Waals surface area (Å²) in [4.78, 5) is 9.72. The number of aryl methyl sites for hydroxylation is 2. The van der Waals surface area contributed by atoms with Crippen molar-refractivity contribution in [3.63, 3.8) is 0 Å². The third-order valence-electron chi connectivity index (χ3n) is 5.41. The Labute approximate surface area is 161 Å². The second-order valence-corrected chi connectivity index (χ2v) is 7.59. The highest BCUT2D eigenvalue weighted by Gasteiger charge is 2.27. The molecule has 2 heterocycles. The highest BCUT2D eigenvalue weighted by atomic mass is 15.4. The summed E-state index contributed by atoms with van der Waals surface area (Å²) in [5.74, 6) is 2.84. The molecular formula is C20H29N7. The van der Waals surface area contributed by atoms with Gasteiger partial charge < -0.3 is 19.7 Å². The van der Waals surface area contributed by atoms with Crippen LogP contribution in [0.5, 0.6) is 0 Å². The van der Waals surface area contributed by atoms with Crippen LogP contribution in [0.1, 0.15) is 30.1 Å². The minimum atomic E-state index is 0.560. The normalized spacial score (nSPS) is 18.1. The first-order valence-electron chi connectivity index (χ1n) is 9.82. The van der Waals surface area contributed by atoms with Gasteiger partial charge in [0.15, 0.2) is 11.8 Å². The van der Waals surface area contributed by atoms with E-state index in [2.05, 4.69) is 56.5 Å². The summed E-state index contributed by atoms with van der Waals surface area (Å²) in [5.41, 5.74) is 2.63. The van der Waals surface area contributed by atoms with Crippen LogP contribution in [-0.2, 0) is 13.6 Å². The summed E-state index contributed by atoms with van der Waals surface area (Å²) in [7, 11) is 1.99. The predicted octanol–water partition coefficient (Wildman–Crippen LogP) is 1.86. The molecule has 1 saturated carbocycles. The van der Waals surface area contributed by atoms with Crippen molar-refractivity contribution in [3.8, 4) is 0 Å². The molecule has 0 amide bonds. The molecular weight excluding hydrogens is 338 g/mol. The van der Waals surface area contributed by atoms with Crippen molar-refractivity contribution < 1.29 is 0 Å². The Kier molecular flexibility index (Phi) is 5.01. The Balaban J connectivity index is 1.42. The summed E-state index contributed by atoms with van der Waals surface area (Å²) in [6.45, 7) is 8.65. The zero-order valence-corrected chi connectivity index (χ0v) is 16.5. The van der Waals surface area contributed by atoms with Gasteiger partial charge in [-0.25, -0.2) is 4.99 Å². The second kappa shape index (κ2) is 7.58. The van der Waals surface area contributed by atoms with E-state index in [4.69, 9.17) is 4.99 Å². The first-order valence-corrected chi connectivity index (χ1v) is 9.82. The lowest BCUT2D eigenvalue weighted by atomic mass is 10.2. The van der Waals surface area contributed by atoms with Gasteiger partial charge in [0.1, 0.15) is 12.4 Å². The number of piperazine rings is 1. The molecule has 2 aliphatic rings. The number of aliphatic imine (C=N–C) groups is 1. The van der Waals surface area contributed by atoms with E-state index < -0.39 is 0 Å². The van der Waals surface area contributed by atoms with Crippen LogP contribution < -0.4 is 10.2 Å². The number of benzene rings is 1. The number of anilines is 1. The molecule has 0 radical (unpaired) electrons. The van der Waals surface area contributed by atoms with Gasteiger partial charge in [0, 0.05) is 45.0 Å². The molecule has 1 saturated heterocycles. The number of hydrogen-bond donors (Lipinski definition) is 1. The van der Waals surface area contributed by atoms with Gasteiger partial charge in [0.2, 0.25) is 0 Å². The lowest BCUT2D eigenvalue weighted by molar-refractivity contribution is 0.371. The molecule has 1 aromatic carbocycles. The first-order chi connectivity index (χ1) is 13.1. The van der Waals surface area contributed by atoms with E-state index in [-0.39, 0.29) is 0 Å². The number of hydrogen-bond acceptors (Lipinski definition) is 4. The van der Waals surface area contributed by atoms with Gasteiger partial charge in [0.25, 0.3) is 0 Å². The summed E-state index contributed by atoms with van der Waals surface area (Å²) in [5, 5.41) is 12.0. The van der Waals surface area contributed by atoms with Gasteiger partial charge in [-0.15, -0.1) is 10.2 Å². The fourth-order valence-corrected chi connectivity index (χ4v) is 3.38. The van der Waals surface area contributed by atoms with E-state index >= 15 is 0 Å². The first kappa shape index (κ1) is 17.8. The van der Waals surface area contributed by atoms with Crippen molar-refractivity contribution in [1.29, 1.82) is 0 Å². The van der Waals surface area contributed by atoms with Crippen molar-refractivity contribution in [3.05, 3.63) is 41.5 Å². The van der Waals surface area contributed by atoms with Crippen molar-refractivity contribution >= 4 is 11.6 Å². The molecule has 4 rings (SSSR count). The van der Waals surface area contributed by atoms with Crippen LogP contribution >= 0.6 is 0 Å². The summed E-state index contributed by atoms with van der Waals surface area (Å²) < 4.78 is 2.01. The highest BCUT2D eigenvalue weighted by Crippen LogP contribution is 2.21. The summed E-state index contributed by atoms with van der Waals surface area (Å²) in [6.07, 6.45) is 2.48. The number of rotatable bonds is 4. The van der Waals surface area contributed by atoms with Crippen molar-refractivity contribution in [2.75, 3.05) is 31.1 Å². The van der Waals surface area contributed by atoms with Crippen molar-refractivity contribution in [1.82, 2.24) is 25.0 Å². The molecule has 7 nitrogen and oxygen atoms in total. The fraction of sp³-hybridized carbons (Fsp3) is 0.550. The minimum absolute atomic E-state index is 0.560. The molecule has 1 N–H and O–H groups in total. The summed E-state index contributed by atoms with van der Waals surface area (Å²) in [6, 6.07) is 9.35. The molecule has 1 aliphatic carbocycles. The Morgan fingerprint density at radius 1 is 1.15 bits per heavy atom. The maximum absolute atomic E-state index is 4.87. The SMILES string of the molecule is Cc1cccc(N2CCN(C(=NCc3nnc(C)n3C)NC3CC3)CC2)c1. The average Bonchev–Trinajstić information content (AvgIpc) is 3.45. The van der Waals surface area contributed by atoms with Gasteiger partial charge in [-0.2, -0.15) is 0 Å². The van der Waals surface area contributed by atoms with Crippen LogP contribution in [0, 0.1) is 13.8 Å². The lowest BCUT2D eigenvalue weighted by Gasteiger charge is -2.38. The smallest absolute Gasteiger partial charge is 0.194 e. The van der Waals surface area contributed by atoms with E-state index in [1.807, 2.05) is 18.5 Å². The lowest BCUT2D eigenvalue weighted by Crippen LogP contribution is -2.53. The van der Waals surface area contributed by atoms with E-state index in [0.717, 1.165) is 43.8 Å². The molecule has 27 heavy (non-hydrogen) atoms. The van der Waals surface area contributed by atoms with Crippen LogP contribution in [0.25, 0.3) is 0 Å². The molecule has 0 bridgehead atoms. The minimum Gasteiger partial charge on any atom is -0.368 e. The van der Waals surface area contributed by atoms with Crippen LogP contribution in [0.2, 0.25) is 0 Å². The molecule has 0 spiro atoms. The maximum Gasteiger partial charge on any atom is 0.194 e. The van der Waals surface area contributed by atoms with Crippen molar-refractivity contribution in [2.45, 2.75) is 39.3 Å². The molecule has 1 aromatic heterocycles. The summed E-state index contributed by atoms with van der Waals surface area (Å²) >= 11 is 0. The van der Waals surface area contributed by atoms with Gasteiger partial charge in [-0.05, 0) is 44.4 Å². The zero-order chi connectivity index (χ0) is 18.8. The van der Waals surface area contributed by atoms with Crippen molar-refractivity contribution in [2.24, 2.45) is 12.0 Å². The molecule has 7 heteroatoms. The Hall–Kier alpha value is -2.57. The largest absolute Gasteiger partial charge is 0.368 e. The van der Waals surface area contributed by atoms with Gasteiger partial charge in [-0.3, -0.25) is 0 Å². The monoisotopic (exact) mass is 367 g/mol. The third kappa shape index (κ3) is 4.23. The number of guanidine groups is 1. The Morgan fingerprint density at radius 3 is 2.56 bits per heavy atom. The van der Waals surface area contributed by atoms with Crippen LogP contribution in [0.3, 0.4) is 0 Å². The van der Waals surface area contributed by atoms with Crippen LogP contribution in [0.15, 0.2) is 29.3 Å². The molecule has 0 unspecified atom stereocenters. The Morgan fingerprint density at radius 2 is 1.93 bits per heavy atom. The predicted molar refractivity (Wildman–Crippen MR) is 108 cm³/mol. The molecule has 2 aromatic rings. The van der Waals surface area contributed by atoms with E-state index in [1.54, 1.807) is 0 Å². The zero-order valence-electron chi connectivity index (χ0n) is 16.5. The second-order valence-electron chi connectivity index (χ2n) is 7.59. The Bertz CT molecular complexity index is 813. The molecule has 2 fully saturated rings. The van der Waals surface area contributed by atoms with Crippen LogP contribution in [-0.4, -0.2) is 57.8 Å². The van der Waals surface area contributed by atoms with Gasteiger partial charge in [-0.1, -0.05) is 12.1 Å². The molecule has 144 valence electrons. The quantitative estimate of drug-likeness (QED) is 0.660. The maximum atomic E-state index is 4.87. The number of nitrogens with zero attached hydrogens (tertiary/aromatic N) is 6. The molecule has 0 atom stereocenters. The molecule has 1 aliphatic heterocycles. The average molecular weight is 368 g/mol. The highest BCUT2D eigenvalue weighted by molar-refractivity contribution is 5.81. The topological polar surface area (TPSA) is 61.6 Å². The van der Waals surface area contributed by atoms with E-state index in [9.17, 15) is 0 Å². The number of nitrogens with one attached hydrogen (secondary N) is 1. The van der Waals surface area contributed by atoms with E-state index in [1.165, 1.54) is 24.1 Å². The third-order valence-corrected chi connectivity index (χ3v) is 5.41. The fourth-order valence-electron chi connectivity index (χ4n) is 3.38. The van der Waals surface area contributed by atoms with Crippen LogP contribution in [0.4, 0.5) is 5.69 Å². The van der Waals surface area contributed by atoms with E-state index in [0.29, 0.717) is 12.6 Å². The standard InChI is InChI=1S/C20H29N7/c1-15-5-4-6-18(13-15)26-9-11-27(12-10-26)20(22-17-7-8-17)21-14-19-24-23-16(2)25(19)3/h4-6,13,17H,7-12,14H2,1-3H3,(H,21,22).